The van der Waals surface area contributed by atoms with E-state index >= 15 is 0 Å². The van der Waals surface area contributed by atoms with E-state index < -0.39 is 34.8 Å². The standard InChI is InChI=1S/C25H20ClF2NO4/c26-22-20(27)11-9-14(23(22)28)10-12-21(24(30)31)29-25(32)33-13-19-17-7-3-1-5-15(17)16-6-2-4-8-18(16)19/h1-9,11,19,21H,10,12-13H2,(H,29,32)(H,30,31). The summed E-state index contributed by atoms with van der Waals surface area (Å²) in [5.74, 6) is -3.30. The number of halogens is 3. The van der Waals surface area contributed by atoms with Crippen LogP contribution in [0.5, 0.6) is 0 Å². The van der Waals surface area contributed by atoms with Crippen LogP contribution in [-0.2, 0) is 16.0 Å². The maximum Gasteiger partial charge on any atom is 0.407 e. The van der Waals surface area contributed by atoms with Crippen LogP contribution in [-0.4, -0.2) is 29.8 Å². The molecule has 1 amide bonds. The van der Waals surface area contributed by atoms with Gasteiger partial charge in [0.2, 0.25) is 0 Å². The summed E-state index contributed by atoms with van der Waals surface area (Å²) < 4.78 is 32.8. The Kier molecular flexibility index (Phi) is 6.60. The average Bonchev–Trinajstić information content (AvgIpc) is 3.13. The largest absolute Gasteiger partial charge is 0.480 e. The van der Waals surface area contributed by atoms with Crippen LogP contribution in [0.25, 0.3) is 11.1 Å². The van der Waals surface area contributed by atoms with E-state index in [0.717, 1.165) is 28.3 Å². The first-order chi connectivity index (χ1) is 15.9. The molecule has 1 atom stereocenters. The van der Waals surface area contributed by atoms with Crippen LogP contribution in [0.3, 0.4) is 0 Å². The number of amides is 1. The number of benzene rings is 3. The molecule has 3 aromatic rings. The lowest BCUT2D eigenvalue weighted by atomic mass is 9.98. The third-order valence-electron chi connectivity index (χ3n) is 5.75. The van der Waals surface area contributed by atoms with Gasteiger partial charge in [-0.05, 0) is 46.7 Å². The van der Waals surface area contributed by atoms with E-state index in [1.165, 1.54) is 6.07 Å². The summed E-state index contributed by atoms with van der Waals surface area (Å²) in [5.41, 5.74) is 4.27. The molecule has 0 fully saturated rings. The molecule has 33 heavy (non-hydrogen) atoms. The lowest BCUT2D eigenvalue weighted by molar-refractivity contribution is -0.139. The number of carbonyl (C=O) groups is 2. The predicted octanol–water partition coefficient (Wildman–Crippen LogP) is 5.54. The van der Waals surface area contributed by atoms with Crippen LogP contribution in [0.1, 0.15) is 29.0 Å². The zero-order valence-corrected chi connectivity index (χ0v) is 18.1. The van der Waals surface area contributed by atoms with E-state index in [1.807, 2.05) is 48.5 Å². The van der Waals surface area contributed by atoms with Crippen molar-refractivity contribution in [3.8, 4) is 11.1 Å². The van der Waals surface area contributed by atoms with E-state index in [4.69, 9.17) is 16.3 Å². The van der Waals surface area contributed by atoms with Crippen molar-refractivity contribution < 1.29 is 28.2 Å². The number of hydrogen-bond donors (Lipinski definition) is 2. The normalized spacial score (nSPS) is 13.2. The zero-order chi connectivity index (χ0) is 23.5. The summed E-state index contributed by atoms with van der Waals surface area (Å²) in [5, 5.41) is 11.1. The van der Waals surface area contributed by atoms with Gasteiger partial charge in [0.1, 0.15) is 29.3 Å². The highest BCUT2D eigenvalue weighted by atomic mass is 35.5. The number of aliphatic carboxylic acids is 1. The van der Waals surface area contributed by atoms with Gasteiger partial charge in [-0.2, -0.15) is 0 Å². The molecule has 5 nitrogen and oxygen atoms in total. The molecule has 170 valence electrons. The van der Waals surface area contributed by atoms with Crippen molar-refractivity contribution in [3.63, 3.8) is 0 Å². The van der Waals surface area contributed by atoms with Crippen molar-refractivity contribution in [1.82, 2.24) is 5.32 Å². The molecule has 0 saturated carbocycles. The minimum absolute atomic E-state index is 0.0361. The first-order valence-corrected chi connectivity index (χ1v) is 10.7. The molecular formula is C25H20ClF2NO4. The summed E-state index contributed by atoms with van der Waals surface area (Å²) in [7, 11) is 0. The molecule has 0 aromatic heterocycles. The lowest BCUT2D eigenvalue weighted by Gasteiger charge is -2.17. The predicted molar refractivity (Wildman–Crippen MR) is 119 cm³/mol. The Morgan fingerprint density at radius 3 is 2.21 bits per heavy atom. The van der Waals surface area contributed by atoms with Crippen molar-refractivity contribution in [2.24, 2.45) is 0 Å². The molecule has 0 aliphatic heterocycles. The number of nitrogens with one attached hydrogen (secondary N) is 1. The molecule has 1 aliphatic carbocycles. The van der Waals surface area contributed by atoms with Crippen LogP contribution in [0.15, 0.2) is 60.7 Å². The summed E-state index contributed by atoms with van der Waals surface area (Å²) in [6, 6.07) is 16.6. The number of fused-ring (bicyclic) bond motifs is 3. The van der Waals surface area contributed by atoms with Gasteiger partial charge >= 0.3 is 12.1 Å². The molecule has 0 bridgehead atoms. The van der Waals surface area contributed by atoms with E-state index in [-0.39, 0.29) is 30.9 Å². The molecule has 4 rings (SSSR count). The average molecular weight is 472 g/mol. The number of carboxylic acids is 1. The van der Waals surface area contributed by atoms with E-state index in [1.54, 1.807) is 0 Å². The molecule has 0 radical (unpaired) electrons. The van der Waals surface area contributed by atoms with Crippen molar-refractivity contribution in [2.75, 3.05) is 6.61 Å². The lowest BCUT2D eigenvalue weighted by Crippen LogP contribution is -2.41. The molecule has 2 N–H and O–H groups in total. The Labute approximate surface area is 194 Å². The highest BCUT2D eigenvalue weighted by Gasteiger charge is 2.29. The molecule has 1 unspecified atom stereocenters. The van der Waals surface area contributed by atoms with Gasteiger partial charge in [-0.3, -0.25) is 0 Å². The van der Waals surface area contributed by atoms with Gasteiger partial charge in [0.15, 0.2) is 0 Å². The van der Waals surface area contributed by atoms with Gasteiger partial charge in [0, 0.05) is 5.92 Å². The second-order valence-corrected chi connectivity index (χ2v) is 8.11. The summed E-state index contributed by atoms with van der Waals surface area (Å²) in [4.78, 5) is 24.0. The van der Waals surface area contributed by atoms with Crippen LogP contribution in [0.4, 0.5) is 13.6 Å². The molecule has 0 saturated heterocycles. The fourth-order valence-electron chi connectivity index (χ4n) is 4.10. The summed E-state index contributed by atoms with van der Waals surface area (Å²) in [6.07, 6.45) is -1.08. The maximum atomic E-state index is 14.1. The second-order valence-electron chi connectivity index (χ2n) is 7.73. The van der Waals surface area contributed by atoms with Crippen molar-refractivity contribution in [2.45, 2.75) is 24.8 Å². The zero-order valence-electron chi connectivity index (χ0n) is 17.4. The van der Waals surface area contributed by atoms with E-state index in [2.05, 4.69) is 5.32 Å². The molecule has 1 aliphatic rings. The Balaban J connectivity index is 1.39. The van der Waals surface area contributed by atoms with Crippen LogP contribution >= 0.6 is 11.6 Å². The Bertz CT molecular complexity index is 1170. The minimum Gasteiger partial charge on any atom is -0.480 e. The quantitative estimate of drug-likeness (QED) is 0.443. The number of carbonyl (C=O) groups excluding carboxylic acids is 1. The number of ether oxygens (including phenoxy) is 1. The number of carboxylic acid groups (broad SMARTS) is 1. The third kappa shape index (κ3) is 4.68. The number of hydrogen-bond acceptors (Lipinski definition) is 3. The van der Waals surface area contributed by atoms with Crippen LogP contribution < -0.4 is 5.32 Å². The van der Waals surface area contributed by atoms with E-state index in [9.17, 15) is 23.5 Å². The number of rotatable bonds is 7. The van der Waals surface area contributed by atoms with Crippen LogP contribution in [0.2, 0.25) is 5.02 Å². The van der Waals surface area contributed by atoms with Gasteiger partial charge in [-0.25, -0.2) is 18.4 Å². The molecule has 3 aromatic carbocycles. The van der Waals surface area contributed by atoms with E-state index in [0.29, 0.717) is 0 Å². The third-order valence-corrected chi connectivity index (χ3v) is 6.10. The fraction of sp³-hybridized carbons (Fsp3) is 0.200. The monoisotopic (exact) mass is 471 g/mol. The molecule has 0 heterocycles. The van der Waals surface area contributed by atoms with Crippen molar-refractivity contribution in [1.29, 1.82) is 0 Å². The SMILES string of the molecule is O=C(NC(CCc1ccc(F)c(Cl)c1F)C(=O)O)OCC1c2ccccc2-c2ccccc21. The van der Waals surface area contributed by atoms with Gasteiger partial charge < -0.3 is 15.2 Å². The van der Waals surface area contributed by atoms with Gasteiger partial charge in [-0.1, -0.05) is 66.2 Å². The minimum atomic E-state index is -1.32. The fourth-order valence-corrected chi connectivity index (χ4v) is 4.28. The summed E-state index contributed by atoms with van der Waals surface area (Å²) >= 11 is 5.56. The molecular weight excluding hydrogens is 452 g/mol. The maximum absolute atomic E-state index is 14.1. The van der Waals surface area contributed by atoms with Gasteiger partial charge in [0.05, 0.1) is 0 Å². The van der Waals surface area contributed by atoms with Crippen molar-refractivity contribution in [3.05, 3.63) is 94.0 Å². The topological polar surface area (TPSA) is 75.6 Å². The highest BCUT2D eigenvalue weighted by Crippen LogP contribution is 2.44. The van der Waals surface area contributed by atoms with Gasteiger partial charge in [0.25, 0.3) is 0 Å². The molecule has 0 spiro atoms. The Hall–Kier alpha value is -3.45. The first-order valence-electron chi connectivity index (χ1n) is 10.3. The Morgan fingerprint density at radius 1 is 1.00 bits per heavy atom. The first kappa shape index (κ1) is 22.7. The number of aryl methyl sites for hydroxylation is 1. The summed E-state index contributed by atoms with van der Waals surface area (Å²) in [6.45, 7) is 0.0361. The smallest absolute Gasteiger partial charge is 0.407 e. The second kappa shape index (κ2) is 9.58. The Morgan fingerprint density at radius 2 is 1.61 bits per heavy atom. The molecule has 8 heteroatoms. The van der Waals surface area contributed by atoms with Crippen molar-refractivity contribution >= 4 is 23.7 Å². The van der Waals surface area contributed by atoms with Crippen LogP contribution in [0, 0.1) is 11.6 Å². The highest BCUT2D eigenvalue weighted by molar-refractivity contribution is 6.30. The van der Waals surface area contributed by atoms with Gasteiger partial charge in [-0.15, -0.1) is 0 Å². The number of alkyl carbamates (subject to hydrolysis) is 1.